The van der Waals surface area contributed by atoms with Crippen molar-refractivity contribution in [3.8, 4) is 0 Å². The van der Waals surface area contributed by atoms with E-state index in [1.807, 2.05) is 36.4 Å². The van der Waals surface area contributed by atoms with Crippen LogP contribution in [0.4, 0.5) is 0 Å². The summed E-state index contributed by atoms with van der Waals surface area (Å²) in [6, 6.07) is 18.2. The van der Waals surface area contributed by atoms with E-state index >= 15 is 0 Å². The molecule has 0 bridgehead atoms. The molecule has 0 saturated carbocycles. The summed E-state index contributed by atoms with van der Waals surface area (Å²) in [6.45, 7) is 0. The predicted octanol–water partition coefficient (Wildman–Crippen LogP) is 1.57. The third kappa shape index (κ3) is 4.09. The molecule has 0 aliphatic carbocycles. The number of nitrogens with two attached hydrogens (primary N) is 2. The van der Waals surface area contributed by atoms with Crippen LogP contribution in [0.1, 0.15) is 20.7 Å². The monoisotopic (exact) mass is 242 g/mol. The van der Waals surface area contributed by atoms with Gasteiger partial charge in [0.05, 0.1) is 11.1 Å². The van der Waals surface area contributed by atoms with Gasteiger partial charge in [-0.3, -0.25) is 9.59 Å². The highest BCUT2D eigenvalue weighted by molar-refractivity contribution is 6.06. The third-order valence-corrected chi connectivity index (χ3v) is 2.12. The predicted molar refractivity (Wildman–Crippen MR) is 69.9 cm³/mol. The van der Waals surface area contributed by atoms with Crippen LogP contribution in [-0.4, -0.2) is 11.8 Å². The Morgan fingerprint density at radius 3 is 1.11 bits per heavy atom. The Morgan fingerprint density at radius 1 is 0.611 bits per heavy atom. The summed E-state index contributed by atoms with van der Waals surface area (Å²) in [5.74, 6) is -1.30. The lowest BCUT2D eigenvalue weighted by Gasteiger charge is -2.00. The molecule has 4 N–H and O–H groups in total. The molecular formula is C14H14N2O2. The molecule has 0 saturated heterocycles. The number of rotatable bonds is 2. The largest absolute Gasteiger partial charge is 0.366 e. The molecule has 0 fully saturated rings. The number of hydrogen-bond donors (Lipinski definition) is 2. The van der Waals surface area contributed by atoms with Crippen LogP contribution in [0.5, 0.6) is 0 Å². The van der Waals surface area contributed by atoms with Gasteiger partial charge in [0, 0.05) is 0 Å². The first kappa shape index (κ1) is 13.4. The average molecular weight is 242 g/mol. The van der Waals surface area contributed by atoms with Crippen LogP contribution in [0.3, 0.4) is 0 Å². The highest BCUT2D eigenvalue weighted by Crippen LogP contribution is 2.06. The van der Waals surface area contributed by atoms with Gasteiger partial charge in [0.2, 0.25) is 11.8 Å². The van der Waals surface area contributed by atoms with Gasteiger partial charge in [0.1, 0.15) is 0 Å². The van der Waals surface area contributed by atoms with Gasteiger partial charge >= 0.3 is 0 Å². The summed E-state index contributed by atoms with van der Waals surface area (Å²) in [4.78, 5) is 21.5. The minimum absolute atomic E-state index is 0.157. The molecule has 0 aliphatic rings. The molecule has 0 heterocycles. The molecule has 18 heavy (non-hydrogen) atoms. The van der Waals surface area contributed by atoms with Gasteiger partial charge < -0.3 is 11.5 Å². The van der Waals surface area contributed by atoms with E-state index in [1.54, 1.807) is 12.1 Å². The van der Waals surface area contributed by atoms with Gasteiger partial charge in [-0.25, -0.2) is 0 Å². The summed E-state index contributed by atoms with van der Waals surface area (Å²) in [7, 11) is 0. The highest BCUT2D eigenvalue weighted by Gasteiger charge is 2.10. The van der Waals surface area contributed by atoms with E-state index < -0.39 is 11.8 Å². The van der Waals surface area contributed by atoms with Crippen LogP contribution >= 0.6 is 0 Å². The summed E-state index contributed by atoms with van der Waals surface area (Å²) in [5, 5.41) is 0. The first-order valence-electron chi connectivity index (χ1n) is 5.31. The van der Waals surface area contributed by atoms with Gasteiger partial charge in [0.25, 0.3) is 0 Å². The van der Waals surface area contributed by atoms with Gasteiger partial charge in [-0.2, -0.15) is 0 Å². The zero-order valence-electron chi connectivity index (χ0n) is 9.74. The van der Waals surface area contributed by atoms with E-state index in [4.69, 9.17) is 11.5 Å². The summed E-state index contributed by atoms with van der Waals surface area (Å²) >= 11 is 0. The highest BCUT2D eigenvalue weighted by atomic mass is 16.2. The lowest BCUT2D eigenvalue weighted by atomic mass is 10.1. The number of carbonyl (C=O) groups is 2. The van der Waals surface area contributed by atoms with Gasteiger partial charge in [-0.05, 0) is 12.1 Å². The summed E-state index contributed by atoms with van der Waals surface area (Å²) in [6.07, 6.45) is 0. The molecular weight excluding hydrogens is 228 g/mol. The Kier molecular flexibility index (Phi) is 5.12. The fourth-order valence-electron chi connectivity index (χ4n) is 1.30. The summed E-state index contributed by atoms with van der Waals surface area (Å²) in [5.41, 5.74) is 10.3. The minimum atomic E-state index is -0.649. The number of primary amides is 2. The van der Waals surface area contributed by atoms with Gasteiger partial charge in [0.15, 0.2) is 0 Å². The van der Waals surface area contributed by atoms with Crippen LogP contribution < -0.4 is 11.5 Å². The number of benzene rings is 2. The van der Waals surface area contributed by atoms with Crippen LogP contribution in [-0.2, 0) is 0 Å². The fourth-order valence-corrected chi connectivity index (χ4v) is 1.30. The normalized spacial score (nSPS) is 8.89. The molecule has 92 valence electrons. The zero-order valence-corrected chi connectivity index (χ0v) is 9.74. The van der Waals surface area contributed by atoms with E-state index in [0.717, 1.165) is 0 Å². The quantitative estimate of drug-likeness (QED) is 0.837. The van der Waals surface area contributed by atoms with Gasteiger partial charge in [-0.1, -0.05) is 48.5 Å². The Bertz CT molecular complexity index is 465. The molecule has 4 nitrogen and oxygen atoms in total. The van der Waals surface area contributed by atoms with Crippen LogP contribution in [0, 0.1) is 0 Å². The van der Waals surface area contributed by atoms with Crippen LogP contribution in [0.2, 0.25) is 0 Å². The molecule has 0 atom stereocenters. The lowest BCUT2D eigenvalue weighted by Crippen LogP contribution is -2.20. The maximum atomic E-state index is 10.7. The molecule has 2 aromatic rings. The van der Waals surface area contributed by atoms with E-state index in [2.05, 4.69) is 0 Å². The lowest BCUT2D eigenvalue weighted by molar-refractivity contribution is 0.0967. The van der Waals surface area contributed by atoms with Crippen molar-refractivity contribution < 1.29 is 9.59 Å². The molecule has 2 rings (SSSR count). The van der Waals surface area contributed by atoms with Crippen LogP contribution in [0.25, 0.3) is 0 Å². The smallest absolute Gasteiger partial charge is 0.249 e. The second-order valence-electron chi connectivity index (χ2n) is 3.43. The van der Waals surface area contributed by atoms with Crippen molar-refractivity contribution in [3.05, 3.63) is 71.8 Å². The Balaban J connectivity index is 0.000000225. The maximum Gasteiger partial charge on any atom is 0.249 e. The molecule has 0 spiro atoms. The fraction of sp³-hybridized carbons (Fsp3) is 0. The van der Waals surface area contributed by atoms with Crippen LogP contribution in [0.15, 0.2) is 60.7 Å². The molecule has 0 aliphatic heterocycles. The average Bonchev–Trinajstić information content (AvgIpc) is 2.41. The van der Waals surface area contributed by atoms with E-state index in [1.165, 1.54) is 12.1 Å². The van der Waals surface area contributed by atoms with E-state index in [0.29, 0.717) is 0 Å². The van der Waals surface area contributed by atoms with E-state index in [9.17, 15) is 9.59 Å². The second kappa shape index (κ2) is 6.85. The zero-order chi connectivity index (χ0) is 13.4. The van der Waals surface area contributed by atoms with Crippen molar-refractivity contribution in [2.24, 2.45) is 11.5 Å². The molecule has 0 aromatic heterocycles. The van der Waals surface area contributed by atoms with Crippen molar-refractivity contribution in [2.45, 2.75) is 0 Å². The molecule has 0 radical (unpaired) electrons. The Hall–Kier alpha value is -2.62. The minimum Gasteiger partial charge on any atom is -0.366 e. The maximum absolute atomic E-state index is 10.7. The third-order valence-electron chi connectivity index (χ3n) is 2.12. The van der Waals surface area contributed by atoms with Crippen molar-refractivity contribution >= 4 is 11.8 Å². The molecule has 0 unspecified atom stereocenters. The second-order valence-corrected chi connectivity index (χ2v) is 3.43. The first-order valence-corrected chi connectivity index (χ1v) is 5.31. The number of amides is 2. The molecule has 2 aromatic carbocycles. The standard InChI is InChI=1S/C8H8N2O2.C6H6/c9-7(11)5-3-1-2-4-6(5)8(10)12;1-2-4-6-5-3-1/h1-4H,(H2,9,11)(H2,10,12);1-6H. The van der Waals surface area contributed by atoms with Crippen molar-refractivity contribution in [1.82, 2.24) is 0 Å². The van der Waals surface area contributed by atoms with Crippen molar-refractivity contribution in [3.63, 3.8) is 0 Å². The first-order chi connectivity index (χ1) is 8.63. The van der Waals surface area contributed by atoms with E-state index in [-0.39, 0.29) is 11.1 Å². The Morgan fingerprint density at radius 2 is 0.889 bits per heavy atom. The Labute approximate surface area is 105 Å². The molecule has 4 heteroatoms. The molecule has 2 amide bonds. The summed E-state index contributed by atoms with van der Waals surface area (Å²) < 4.78 is 0. The topological polar surface area (TPSA) is 86.2 Å². The van der Waals surface area contributed by atoms with Crippen molar-refractivity contribution in [2.75, 3.05) is 0 Å². The van der Waals surface area contributed by atoms with Crippen molar-refractivity contribution in [1.29, 1.82) is 0 Å². The van der Waals surface area contributed by atoms with Gasteiger partial charge in [-0.15, -0.1) is 0 Å². The number of hydrogen-bond acceptors (Lipinski definition) is 2. The number of carbonyl (C=O) groups excluding carboxylic acids is 2. The SMILES string of the molecule is NC(=O)c1ccccc1C(N)=O.c1ccccc1.